The van der Waals surface area contributed by atoms with E-state index in [0.717, 1.165) is 57.7 Å². The zero-order valence-corrected chi connectivity index (χ0v) is 15.6. The van der Waals surface area contributed by atoms with Gasteiger partial charge in [-0.25, -0.2) is 0 Å². The maximum Gasteiger partial charge on any atom is 0.231 e. The summed E-state index contributed by atoms with van der Waals surface area (Å²) in [6.45, 7) is 3.57. The van der Waals surface area contributed by atoms with Crippen LogP contribution in [0.2, 0.25) is 0 Å². The molecular formula is C21H31N3O2. The molecular weight excluding hydrogens is 326 g/mol. The molecule has 1 aromatic rings. The van der Waals surface area contributed by atoms with Gasteiger partial charge in [-0.1, -0.05) is 30.3 Å². The lowest BCUT2D eigenvalue weighted by Crippen LogP contribution is -2.48. The van der Waals surface area contributed by atoms with Crippen molar-refractivity contribution >= 4 is 11.8 Å². The highest BCUT2D eigenvalue weighted by Gasteiger charge is 2.31. The highest BCUT2D eigenvalue weighted by Crippen LogP contribution is 2.25. The highest BCUT2D eigenvalue weighted by molar-refractivity contribution is 5.79. The Balaban J connectivity index is 1.42. The summed E-state index contributed by atoms with van der Waals surface area (Å²) in [5, 5.41) is 0. The number of hydrogen-bond acceptors (Lipinski definition) is 3. The Hall–Kier alpha value is -1.88. The Bertz CT molecular complexity index is 597. The molecule has 142 valence electrons. The van der Waals surface area contributed by atoms with Crippen LogP contribution in [0, 0.1) is 11.8 Å². The maximum atomic E-state index is 12.9. The molecule has 5 nitrogen and oxygen atoms in total. The Kier molecular flexibility index (Phi) is 6.67. The van der Waals surface area contributed by atoms with E-state index in [-0.39, 0.29) is 24.3 Å². The molecule has 2 saturated heterocycles. The van der Waals surface area contributed by atoms with Crippen LogP contribution in [-0.4, -0.2) is 54.3 Å². The Morgan fingerprint density at radius 2 is 1.77 bits per heavy atom. The number of piperidine rings is 2. The molecule has 3 rings (SSSR count). The first-order chi connectivity index (χ1) is 12.6. The highest BCUT2D eigenvalue weighted by atomic mass is 16.2. The van der Waals surface area contributed by atoms with Gasteiger partial charge >= 0.3 is 0 Å². The minimum absolute atomic E-state index is 0.0315. The summed E-state index contributed by atoms with van der Waals surface area (Å²) in [7, 11) is 0. The average Bonchev–Trinajstić information content (AvgIpc) is 2.67. The number of primary amides is 1. The van der Waals surface area contributed by atoms with E-state index >= 15 is 0 Å². The summed E-state index contributed by atoms with van der Waals surface area (Å²) in [6, 6.07) is 10.6. The molecule has 2 amide bonds. The molecule has 1 atom stereocenters. The summed E-state index contributed by atoms with van der Waals surface area (Å²) in [4.78, 5) is 28.1. The maximum absolute atomic E-state index is 12.9. The smallest absolute Gasteiger partial charge is 0.231 e. The second-order valence-corrected chi connectivity index (χ2v) is 7.83. The molecule has 1 aromatic carbocycles. The summed E-state index contributed by atoms with van der Waals surface area (Å²) < 4.78 is 0. The predicted molar refractivity (Wildman–Crippen MR) is 102 cm³/mol. The number of carbonyl (C=O) groups excluding carboxylic acids is 2. The quantitative estimate of drug-likeness (QED) is 0.847. The molecule has 0 spiro atoms. The number of rotatable bonds is 6. The Morgan fingerprint density at radius 3 is 2.46 bits per heavy atom. The molecule has 2 aliphatic heterocycles. The predicted octanol–water partition coefficient (Wildman–Crippen LogP) is 2.06. The minimum atomic E-state index is -0.308. The molecule has 2 heterocycles. The lowest BCUT2D eigenvalue weighted by atomic mass is 9.89. The summed E-state index contributed by atoms with van der Waals surface area (Å²) in [6.07, 6.45) is 6.46. The number of nitrogens with two attached hydrogens (primary N) is 1. The van der Waals surface area contributed by atoms with Crippen LogP contribution in [0.3, 0.4) is 0 Å². The second kappa shape index (κ2) is 9.17. The van der Waals surface area contributed by atoms with Crippen molar-refractivity contribution < 1.29 is 9.59 Å². The van der Waals surface area contributed by atoms with Gasteiger partial charge in [0.05, 0.1) is 12.5 Å². The number of benzene rings is 1. The first-order valence-corrected chi connectivity index (χ1v) is 9.95. The van der Waals surface area contributed by atoms with Crippen molar-refractivity contribution in [1.82, 2.24) is 9.80 Å². The van der Waals surface area contributed by atoms with Crippen molar-refractivity contribution in [2.45, 2.75) is 38.5 Å². The molecule has 2 aliphatic rings. The molecule has 0 bridgehead atoms. The average molecular weight is 357 g/mol. The zero-order chi connectivity index (χ0) is 18.4. The first-order valence-electron chi connectivity index (χ1n) is 9.95. The van der Waals surface area contributed by atoms with Crippen LogP contribution in [0.1, 0.15) is 37.7 Å². The standard InChI is InChI=1S/C21H31N3O2/c22-20(25)16-23-12-4-7-19(15-23)21(26)24-13-10-18(11-14-24)9-8-17-5-2-1-3-6-17/h1-3,5-6,18-19H,4,7-16H2,(H2,22,25). The van der Waals surface area contributed by atoms with Gasteiger partial charge in [-0.2, -0.15) is 0 Å². The summed E-state index contributed by atoms with van der Waals surface area (Å²) in [5.41, 5.74) is 6.70. The SMILES string of the molecule is NC(=O)CN1CCCC(C(=O)N2CCC(CCc3ccccc3)CC2)C1. The topological polar surface area (TPSA) is 66.6 Å². The zero-order valence-electron chi connectivity index (χ0n) is 15.6. The van der Waals surface area contributed by atoms with E-state index in [1.807, 2.05) is 4.90 Å². The summed E-state index contributed by atoms with van der Waals surface area (Å²) in [5.74, 6) is 0.721. The van der Waals surface area contributed by atoms with Gasteiger partial charge < -0.3 is 10.6 Å². The molecule has 5 heteroatoms. The van der Waals surface area contributed by atoms with E-state index < -0.39 is 0 Å². The fraction of sp³-hybridized carbons (Fsp3) is 0.619. The van der Waals surface area contributed by atoms with Gasteiger partial charge in [-0.15, -0.1) is 0 Å². The number of nitrogens with zero attached hydrogens (tertiary/aromatic N) is 2. The van der Waals surface area contributed by atoms with E-state index in [2.05, 4.69) is 35.2 Å². The van der Waals surface area contributed by atoms with E-state index in [1.165, 1.54) is 12.0 Å². The lowest BCUT2D eigenvalue weighted by Gasteiger charge is -2.37. The number of hydrogen-bond donors (Lipinski definition) is 1. The largest absolute Gasteiger partial charge is 0.369 e. The van der Waals surface area contributed by atoms with Crippen molar-refractivity contribution in [3.63, 3.8) is 0 Å². The van der Waals surface area contributed by atoms with Gasteiger partial charge in [0.15, 0.2) is 0 Å². The van der Waals surface area contributed by atoms with Crippen molar-refractivity contribution in [2.75, 3.05) is 32.7 Å². The number of amides is 2. The fourth-order valence-corrected chi connectivity index (χ4v) is 4.34. The third-order valence-electron chi connectivity index (χ3n) is 5.84. The Labute approximate surface area is 156 Å². The van der Waals surface area contributed by atoms with Crippen molar-refractivity contribution in [1.29, 1.82) is 0 Å². The van der Waals surface area contributed by atoms with E-state index in [1.54, 1.807) is 0 Å². The van der Waals surface area contributed by atoms with E-state index in [0.29, 0.717) is 6.54 Å². The van der Waals surface area contributed by atoms with Crippen LogP contribution < -0.4 is 5.73 Å². The van der Waals surface area contributed by atoms with Gasteiger partial charge in [0.1, 0.15) is 0 Å². The van der Waals surface area contributed by atoms with Gasteiger partial charge in [0.25, 0.3) is 0 Å². The van der Waals surface area contributed by atoms with Crippen LogP contribution in [0.5, 0.6) is 0 Å². The van der Waals surface area contributed by atoms with Gasteiger partial charge in [0.2, 0.25) is 11.8 Å². The van der Waals surface area contributed by atoms with Crippen LogP contribution in [-0.2, 0) is 16.0 Å². The number of aryl methyl sites for hydroxylation is 1. The monoisotopic (exact) mass is 357 g/mol. The second-order valence-electron chi connectivity index (χ2n) is 7.83. The third kappa shape index (κ3) is 5.31. The third-order valence-corrected chi connectivity index (χ3v) is 5.84. The molecule has 26 heavy (non-hydrogen) atoms. The van der Waals surface area contributed by atoms with E-state index in [4.69, 9.17) is 5.73 Å². The van der Waals surface area contributed by atoms with E-state index in [9.17, 15) is 9.59 Å². The number of likely N-dealkylation sites (tertiary alicyclic amines) is 2. The normalized spacial score (nSPS) is 22.3. The molecule has 0 aromatic heterocycles. The molecule has 2 N–H and O–H groups in total. The molecule has 0 saturated carbocycles. The van der Waals surface area contributed by atoms with Crippen LogP contribution in [0.25, 0.3) is 0 Å². The molecule has 0 aliphatic carbocycles. The molecule has 1 unspecified atom stereocenters. The molecule has 2 fully saturated rings. The lowest BCUT2D eigenvalue weighted by molar-refractivity contribution is -0.139. The van der Waals surface area contributed by atoms with Crippen LogP contribution >= 0.6 is 0 Å². The minimum Gasteiger partial charge on any atom is -0.369 e. The number of carbonyl (C=O) groups is 2. The van der Waals surface area contributed by atoms with Gasteiger partial charge in [-0.05, 0) is 56.6 Å². The van der Waals surface area contributed by atoms with Crippen molar-refractivity contribution in [3.8, 4) is 0 Å². The summed E-state index contributed by atoms with van der Waals surface area (Å²) >= 11 is 0. The van der Waals surface area contributed by atoms with Crippen molar-refractivity contribution in [2.24, 2.45) is 17.6 Å². The Morgan fingerprint density at radius 1 is 1.04 bits per heavy atom. The van der Waals surface area contributed by atoms with Crippen LogP contribution in [0.4, 0.5) is 0 Å². The van der Waals surface area contributed by atoms with Crippen molar-refractivity contribution in [3.05, 3.63) is 35.9 Å². The first kappa shape index (κ1) is 18.9. The van der Waals surface area contributed by atoms with Crippen LogP contribution in [0.15, 0.2) is 30.3 Å². The fourth-order valence-electron chi connectivity index (χ4n) is 4.34. The van der Waals surface area contributed by atoms with Gasteiger partial charge in [-0.3, -0.25) is 14.5 Å². The van der Waals surface area contributed by atoms with Gasteiger partial charge in [0, 0.05) is 19.6 Å². The molecule has 0 radical (unpaired) electrons.